The zero-order valence-corrected chi connectivity index (χ0v) is 15.0. The maximum atomic E-state index is 12.7. The van der Waals surface area contributed by atoms with Gasteiger partial charge in [-0.1, -0.05) is 49.6 Å². The highest BCUT2D eigenvalue weighted by molar-refractivity contribution is 5.88. The SMILES string of the molecule is C[C@H](NC(=O)OCc1ccccc1)C(=O)N(CC(=O)O)C1CCCCC1. The van der Waals surface area contributed by atoms with Crippen LogP contribution in [-0.2, 0) is 20.9 Å². The Morgan fingerprint density at radius 3 is 2.46 bits per heavy atom. The summed E-state index contributed by atoms with van der Waals surface area (Å²) >= 11 is 0. The van der Waals surface area contributed by atoms with Gasteiger partial charge < -0.3 is 20.1 Å². The number of ether oxygens (including phenoxy) is 1. The fourth-order valence-electron chi connectivity index (χ4n) is 3.18. The summed E-state index contributed by atoms with van der Waals surface area (Å²) < 4.78 is 5.12. The number of nitrogens with one attached hydrogen (secondary N) is 1. The summed E-state index contributed by atoms with van der Waals surface area (Å²) in [7, 11) is 0. The van der Waals surface area contributed by atoms with Crippen LogP contribution in [0.3, 0.4) is 0 Å². The first-order chi connectivity index (χ1) is 12.5. The molecule has 2 rings (SSSR count). The maximum Gasteiger partial charge on any atom is 0.408 e. The highest BCUT2D eigenvalue weighted by Crippen LogP contribution is 2.23. The fraction of sp³-hybridized carbons (Fsp3) is 0.526. The van der Waals surface area contributed by atoms with Crippen molar-refractivity contribution in [3.05, 3.63) is 35.9 Å². The van der Waals surface area contributed by atoms with Crippen LogP contribution in [0.5, 0.6) is 0 Å². The van der Waals surface area contributed by atoms with Gasteiger partial charge in [0, 0.05) is 6.04 Å². The summed E-state index contributed by atoms with van der Waals surface area (Å²) in [5.41, 5.74) is 0.844. The van der Waals surface area contributed by atoms with Crippen molar-refractivity contribution in [2.45, 2.75) is 57.7 Å². The van der Waals surface area contributed by atoms with E-state index in [1.807, 2.05) is 30.3 Å². The van der Waals surface area contributed by atoms with E-state index in [0.29, 0.717) is 0 Å². The molecule has 0 saturated heterocycles. The third kappa shape index (κ3) is 6.06. The summed E-state index contributed by atoms with van der Waals surface area (Å²) in [6, 6.07) is 8.29. The maximum absolute atomic E-state index is 12.7. The smallest absolute Gasteiger partial charge is 0.408 e. The molecule has 142 valence electrons. The first kappa shape index (κ1) is 19.8. The number of alkyl carbamates (subject to hydrolysis) is 1. The Morgan fingerprint density at radius 1 is 1.19 bits per heavy atom. The number of carboxylic acids is 1. The third-order valence-corrected chi connectivity index (χ3v) is 4.52. The molecule has 2 amide bonds. The molecule has 1 aliphatic rings. The summed E-state index contributed by atoms with van der Waals surface area (Å²) in [4.78, 5) is 37.1. The predicted octanol–water partition coefficient (Wildman–Crippen LogP) is 2.55. The Balaban J connectivity index is 1.89. The van der Waals surface area contributed by atoms with Gasteiger partial charge in [0.2, 0.25) is 5.91 Å². The lowest BCUT2D eigenvalue weighted by Crippen LogP contribution is -2.52. The van der Waals surface area contributed by atoms with Gasteiger partial charge in [0.25, 0.3) is 0 Å². The number of aliphatic carboxylic acids is 1. The van der Waals surface area contributed by atoms with Crippen molar-refractivity contribution in [2.75, 3.05) is 6.54 Å². The molecule has 2 N–H and O–H groups in total. The minimum absolute atomic E-state index is 0.0862. The van der Waals surface area contributed by atoms with Crippen molar-refractivity contribution in [1.82, 2.24) is 10.2 Å². The lowest BCUT2D eigenvalue weighted by Gasteiger charge is -2.34. The summed E-state index contributed by atoms with van der Waals surface area (Å²) in [6.45, 7) is 1.30. The molecule has 1 fully saturated rings. The molecule has 1 aromatic rings. The number of hydrogen-bond acceptors (Lipinski definition) is 4. The molecule has 0 unspecified atom stereocenters. The topological polar surface area (TPSA) is 95.9 Å². The average Bonchev–Trinajstić information content (AvgIpc) is 2.65. The molecule has 0 radical (unpaired) electrons. The zero-order chi connectivity index (χ0) is 18.9. The van der Waals surface area contributed by atoms with Crippen molar-refractivity contribution in [1.29, 1.82) is 0 Å². The minimum atomic E-state index is -1.05. The van der Waals surface area contributed by atoms with E-state index in [0.717, 1.165) is 37.7 Å². The van der Waals surface area contributed by atoms with E-state index in [4.69, 9.17) is 9.84 Å². The normalized spacial score (nSPS) is 15.7. The highest BCUT2D eigenvalue weighted by atomic mass is 16.5. The van der Waals surface area contributed by atoms with Crippen LogP contribution < -0.4 is 5.32 Å². The number of benzene rings is 1. The second-order valence-corrected chi connectivity index (χ2v) is 6.58. The first-order valence-corrected chi connectivity index (χ1v) is 8.97. The number of amides is 2. The standard InChI is InChI=1S/C19H26N2O5/c1-14(20-19(25)26-13-15-8-4-2-5-9-15)18(24)21(12-17(22)23)16-10-6-3-7-11-16/h2,4-5,8-9,14,16H,3,6-7,10-13H2,1H3,(H,20,25)(H,22,23)/t14-/m0/s1. The Bertz CT molecular complexity index is 614. The number of hydrogen-bond donors (Lipinski definition) is 2. The molecule has 0 aromatic heterocycles. The van der Waals surface area contributed by atoms with E-state index in [1.54, 1.807) is 6.92 Å². The van der Waals surface area contributed by atoms with Crippen molar-refractivity contribution in [2.24, 2.45) is 0 Å². The molecule has 7 nitrogen and oxygen atoms in total. The molecule has 0 spiro atoms. The van der Waals surface area contributed by atoms with Crippen LogP contribution >= 0.6 is 0 Å². The molecule has 1 saturated carbocycles. The lowest BCUT2D eigenvalue weighted by molar-refractivity contribution is -0.147. The van der Waals surface area contributed by atoms with Crippen LogP contribution in [0.15, 0.2) is 30.3 Å². The highest BCUT2D eigenvalue weighted by Gasteiger charge is 2.30. The van der Waals surface area contributed by atoms with Gasteiger partial charge in [-0.15, -0.1) is 0 Å². The van der Waals surface area contributed by atoms with Crippen LogP contribution in [0, 0.1) is 0 Å². The molecular weight excluding hydrogens is 336 g/mol. The van der Waals surface area contributed by atoms with Crippen LogP contribution in [-0.4, -0.2) is 46.6 Å². The van der Waals surface area contributed by atoms with Crippen molar-refractivity contribution >= 4 is 18.0 Å². The molecule has 0 aliphatic heterocycles. The van der Waals surface area contributed by atoms with Gasteiger partial charge in [0.15, 0.2) is 0 Å². The van der Waals surface area contributed by atoms with Gasteiger partial charge in [0.05, 0.1) is 0 Å². The van der Waals surface area contributed by atoms with E-state index in [1.165, 1.54) is 4.90 Å². The third-order valence-electron chi connectivity index (χ3n) is 4.52. The quantitative estimate of drug-likeness (QED) is 0.777. The number of rotatable bonds is 7. The van der Waals surface area contributed by atoms with Gasteiger partial charge in [-0.05, 0) is 25.3 Å². The Kier molecular flexibility index (Phi) is 7.44. The molecule has 1 aliphatic carbocycles. The van der Waals surface area contributed by atoms with Crippen molar-refractivity contribution in [3.63, 3.8) is 0 Å². The van der Waals surface area contributed by atoms with E-state index in [2.05, 4.69) is 5.32 Å². The summed E-state index contributed by atoms with van der Waals surface area (Å²) in [5, 5.41) is 11.6. The zero-order valence-electron chi connectivity index (χ0n) is 15.0. The number of carbonyl (C=O) groups is 3. The Morgan fingerprint density at radius 2 is 1.85 bits per heavy atom. The van der Waals surface area contributed by atoms with Gasteiger partial charge >= 0.3 is 12.1 Å². The molecule has 0 bridgehead atoms. The number of carbonyl (C=O) groups excluding carboxylic acids is 2. The molecule has 0 heterocycles. The Labute approximate surface area is 153 Å². The second-order valence-electron chi connectivity index (χ2n) is 6.58. The van der Waals surface area contributed by atoms with E-state index in [9.17, 15) is 14.4 Å². The van der Waals surface area contributed by atoms with E-state index in [-0.39, 0.29) is 19.2 Å². The van der Waals surface area contributed by atoms with Crippen LogP contribution in [0.2, 0.25) is 0 Å². The number of carboxylic acid groups (broad SMARTS) is 1. The van der Waals surface area contributed by atoms with Crippen molar-refractivity contribution < 1.29 is 24.2 Å². The largest absolute Gasteiger partial charge is 0.480 e. The molecule has 7 heteroatoms. The number of nitrogens with zero attached hydrogens (tertiary/aromatic N) is 1. The second kappa shape index (κ2) is 9.79. The van der Waals surface area contributed by atoms with Gasteiger partial charge in [-0.2, -0.15) is 0 Å². The Hall–Kier alpha value is -2.57. The minimum Gasteiger partial charge on any atom is -0.480 e. The van der Waals surface area contributed by atoms with Crippen LogP contribution in [0.25, 0.3) is 0 Å². The fourth-order valence-corrected chi connectivity index (χ4v) is 3.18. The summed E-state index contributed by atoms with van der Waals surface area (Å²) in [6.07, 6.45) is 3.96. The van der Waals surface area contributed by atoms with E-state index < -0.39 is 24.0 Å². The first-order valence-electron chi connectivity index (χ1n) is 8.97. The van der Waals surface area contributed by atoms with Gasteiger partial charge in [0.1, 0.15) is 19.2 Å². The average molecular weight is 362 g/mol. The van der Waals surface area contributed by atoms with Gasteiger partial charge in [-0.3, -0.25) is 9.59 Å². The van der Waals surface area contributed by atoms with Gasteiger partial charge in [-0.25, -0.2) is 4.79 Å². The molecule has 1 aromatic carbocycles. The van der Waals surface area contributed by atoms with Crippen LogP contribution in [0.1, 0.15) is 44.6 Å². The molecular formula is C19H26N2O5. The van der Waals surface area contributed by atoms with Crippen LogP contribution in [0.4, 0.5) is 4.79 Å². The molecule has 26 heavy (non-hydrogen) atoms. The van der Waals surface area contributed by atoms with Crippen molar-refractivity contribution in [3.8, 4) is 0 Å². The summed E-state index contributed by atoms with van der Waals surface area (Å²) in [5.74, 6) is -1.45. The monoisotopic (exact) mass is 362 g/mol. The lowest BCUT2D eigenvalue weighted by atomic mass is 9.93. The van der Waals surface area contributed by atoms with E-state index >= 15 is 0 Å². The molecule has 1 atom stereocenters. The predicted molar refractivity (Wildman–Crippen MR) is 95.4 cm³/mol.